The van der Waals surface area contributed by atoms with Crippen molar-refractivity contribution in [1.82, 2.24) is 24.6 Å². The molecule has 1 unspecified atom stereocenters. The van der Waals surface area contributed by atoms with Gasteiger partial charge in [-0.25, -0.2) is 23.8 Å². The number of anilines is 1. The molecule has 0 saturated heterocycles. The molecular weight excluding hydrogens is 631 g/mol. The fourth-order valence-electron chi connectivity index (χ4n) is 5.43. The van der Waals surface area contributed by atoms with Crippen molar-refractivity contribution >= 4 is 45.4 Å². The van der Waals surface area contributed by atoms with Crippen molar-refractivity contribution in [3.05, 3.63) is 87.8 Å². The number of halogens is 1. The molecule has 6 aromatic rings. The molecule has 0 saturated carbocycles. The van der Waals surface area contributed by atoms with Crippen molar-refractivity contribution in [3.8, 4) is 27.4 Å². The third-order valence-corrected chi connectivity index (χ3v) is 8.49. The van der Waals surface area contributed by atoms with Crippen LogP contribution in [0.2, 0.25) is 0 Å². The highest BCUT2D eigenvalue weighted by molar-refractivity contribution is 7.15. The summed E-state index contributed by atoms with van der Waals surface area (Å²) in [6, 6.07) is 14.0. The number of nitrogen functional groups attached to an aromatic ring is 1. The Morgan fingerprint density at radius 1 is 1.09 bits per heavy atom. The zero-order chi connectivity index (χ0) is 33.7. The van der Waals surface area contributed by atoms with E-state index in [4.69, 9.17) is 25.2 Å². The van der Waals surface area contributed by atoms with Crippen LogP contribution < -0.4 is 11.4 Å². The highest BCUT2D eigenvalue weighted by atomic mass is 32.1. The summed E-state index contributed by atoms with van der Waals surface area (Å²) in [6.07, 6.45) is 1.29. The summed E-state index contributed by atoms with van der Waals surface area (Å²) in [5.74, 6) is -0.483. The smallest absolute Gasteiger partial charge is 0.343 e. The second-order valence-corrected chi connectivity index (χ2v) is 11.6. The van der Waals surface area contributed by atoms with Gasteiger partial charge >= 0.3 is 5.63 Å². The molecule has 4 aromatic heterocycles. The van der Waals surface area contributed by atoms with Crippen LogP contribution in [0.15, 0.2) is 70.1 Å². The maximum atomic E-state index is 14.3. The third-order valence-electron chi connectivity index (χ3n) is 7.41. The first-order valence-corrected chi connectivity index (χ1v) is 15.2. The molecule has 0 aliphatic heterocycles. The maximum absolute atomic E-state index is 14.3. The number of rotatable bonds is 10. The number of benzene rings is 2. The Hall–Kier alpha value is -5.22. The van der Waals surface area contributed by atoms with Gasteiger partial charge in [-0.15, -0.1) is 11.3 Å². The molecule has 2 aromatic carbocycles. The minimum absolute atomic E-state index is 0.0303. The largest absolute Gasteiger partial charge is 0.508 e. The molecular formula is C32H31FN6O7S. The number of thiophene rings is 1. The molecule has 0 fully saturated rings. The van der Waals surface area contributed by atoms with Crippen molar-refractivity contribution in [1.29, 1.82) is 0 Å². The van der Waals surface area contributed by atoms with Crippen molar-refractivity contribution in [2.45, 2.75) is 19.5 Å². The number of fused-ring (bicyclic) bond motifs is 2. The van der Waals surface area contributed by atoms with Crippen molar-refractivity contribution < 1.29 is 34.0 Å². The van der Waals surface area contributed by atoms with Crippen LogP contribution in [0.4, 0.5) is 10.2 Å². The van der Waals surface area contributed by atoms with Gasteiger partial charge in [0.15, 0.2) is 5.65 Å². The van der Waals surface area contributed by atoms with E-state index < -0.39 is 17.5 Å². The molecule has 0 aliphatic carbocycles. The summed E-state index contributed by atoms with van der Waals surface area (Å²) in [5.41, 5.74) is 7.32. The fourth-order valence-corrected chi connectivity index (χ4v) is 6.54. The van der Waals surface area contributed by atoms with E-state index in [1.165, 1.54) is 29.8 Å². The quantitative estimate of drug-likeness (QED) is 0.133. The van der Waals surface area contributed by atoms with Gasteiger partial charge in [0.1, 0.15) is 41.2 Å². The van der Waals surface area contributed by atoms with Crippen LogP contribution in [0.1, 0.15) is 23.6 Å². The first kappa shape index (κ1) is 33.2. The lowest BCUT2D eigenvalue weighted by Gasteiger charge is -2.19. The molecule has 0 spiro atoms. The molecule has 47 heavy (non-hydrogen) atoms. The Kier molecular flexibility index (Phi) is 10.2. The molecule has 1 atom stereocenters. The predicted molar refractivity (Wildman–Crippen MR) is 175 cm³/mol. The van der Waals surface area contributed by atoms with Crippen LogP contribution in [-0.4, -0.2) is 77.8 Å². The average molecular weight is 663 g/mol. The number of carboxylic acid groups (broad SMARTS) is 1. The number of aliphatic hydroxyl groups excluding tert-OH is 2. The van der Waals surface area contributed by atoms with E-state index in [1.807, 2.05) is 36.1 Å². The van der Waals surface area contributed by atoms with Crippen molar-refractivity contribution in [2.24, 2.45) is 0 Å². The number of carbonyl (C=O) groups is 1. The normalized spacial score (nSPS) is 11.9. The van der Waals surface area contributed by atoms with Crippen LogP contribution in [0.25, 0.3) is 43.5 Å². The average Bonchev–Trinajstić information content (AvgIpc) is 3.67. The number of aromatic hydroxyl groups is 1. The summed E-state index contributed by atoms with van der Waals surface area (Å²) in [6.45, 7) is 2.86. The van der Waals surface area contributed by atoms with E-state index in [-0.39, 0.29) is 42.5 Å². The Morgan fingerprint density at radius 3 is 2.47 bits per heavy atom. The number of aliphatic hydroxyl groups is 2. The number of hydrogen-bond acceptors (Lipinski definition) is 12. The molecule has 244 valence electrons. The molecule has 6 rings (SSSR count). The van der Waals surface area contributed by atoms with Crippen LogP contribution >= 0.6 is 11.3 Å². The van der Waals surface area contributed by atoms with Gasteiger partial charge in [0.2, 0.25) is 0 Å². The first-order chi connectivity index (χ1) is 22.7. The number of phenols is 1. The van der Waals surface area contributed by atoms with E-state index in [1.54, 1.807) is 16.8 Å². The lowest BCUT2D eigenvalue weighted by atomic mass is 10.0. The Balaban J connectivity index is 0.00000139. The first-order valence-electron chi connectivity index (χ1n) is 14.4. The number of nitrogens with zero attached hydrogens (tertiary/aromatic N) is 5. The number of hydrogen-bond donors (Lipinski definition) is 5. The van der Waals surface area contributed by atoms with Gasteiger partial charge in [-0.1, -0.05) is 18.2 Å². The van der Waals surface area contributed by atoms with Crippen LogP contribution in [-0.2, 0) is 11.3 Å². The highest BCUT2D eigenvalue weighted by Gasteiger charge is 2.27. The lowest BCUT2D eigenvalue weighted by Crippen LogP contribution is -2.28. The highest BCUT2D eigenvalue weighted by Crippen LogP contribution is 2.41. The van der Waals surface area contributed by atoms with Crippen LogP contribution in [0.3, 0.4) is 0 Å². The lowest BCUT2D eigenvalue weighted by molar-refractivity contribution is -0.122. The molecule has 13 nitrogen and oxygen atoms in total. The number of aromatic nitrogens is 4. The van der Waals surface area contributed by atoms with E-state index in [0.717, 1.165) is 15.8 Å². The van der Waals surface area contributed by atoms with Crippen LogP contribution in [0.5, 0.6) is 5.75 Å². The van der Waals surface area contributed by atoms with Gasteiger partial charge in [0.25, 0.3) is 6.47 Å². The van der Waals surface area contributed by atoms with E-state index >= 15 is 0 Å². The standard InChI is InChI=1S/C31H29FN6O5S.CH2O2/c1-17(38-30-26(29(33)34-16-35-30)27(36-38)18-12-19(32)14-20(41)13-18)28-25(22-4-2-3-5-23(22)31(42)43-28)24-7-6-21(44-24)15-37(8-10-39)9-11-40;2-1-3/h2-7,12-14,16-17,39-41H,8-11,15H2,1H3,(H2,33,34,35);1H,(H,2,3). The Morgan fingerprint density at radius 2 is 1.79 bits per heavy atom. The van der Waals surface area contributed by atoms with Crippen molar-refractivity contribution in [3.63, 3.8) is 0 Å². The molecule has 6 N–H and O–H groups in total. The SMILES string of the molecule is CC(c1oc(=O)c2ccccc2c1-c1ccc(CN(CCO)CCO)s1)n1nc(-c2cc(O)cc(F)c2)c2c(N)ncnc21.O=CO. The molecule has 0 amide bonds. The van der Waals surface area contributed by atoms with E-state index in [0.29, 0.717) is 52.8 Å². The van der Waals surface area contributed by atoms with Gasteiger partial charge in [0.05, 0.1) is 24.0 Å². The topological polar surface area (TPSA) is 201 Å². The van der Waals surface area contributed by atoms with Gasteiger partial charge in [-0.2, -0.15) is 5.10 Å². The summed E-state index contributed by atoms with van der Waals surface area (Å²) in [7, 11) is 0. The second-order valence-electron chi connectivity index (χ2n) is 10.4. The summed E-state index contributed by atoms with van der Waals surface area (Å²) >= 11 is 1.51. The molecule has 15 heteroatoms. The zero-order valence-electron chi connectivity index (χ0n) is 25.1. The van der Waals surface area contributed by atoms with E-state index in [9.17, 15) is 24.5 Å². The number of nitrogens with two attached hydrogens (primary N) is 1. The molecule has 4 heterocycles. The molecule has 0 bridgehead atoms. The predicted octanol–water partition coefficient (Wildman–Crippen LogP) is 3.85. The second kappa shape index (κ2) is 14.5. The Bertz CT molecular complexity index is 2070. The zero-order valence-corrected chi connectivity index (χ0v) is 25.9. The summed E-state index contributed by atoms with van der Waals surface area (Å²) < 4.78 is 21.9. The monoisotopic (exact) mass is 662 g/mol. The van der Waals surface area contributed by atoms with Crippen molar-refractivity contribution in [2.75, 3.05) is 32.0 Å². The minimum Gasteiger partial charge on any atom is -0.508 e. The minimum atomic E-state index is -0.694. The van der Waals surface area contributed by atoms with Gasteiger partial charge in [-0.3, -0.25) is 9.69 Å². The Labute approximate surface area is 270 Å². The molecule has 0 radical (unpaired) electrons. The molecule has 0 aliphatic rings. The third kappa shape index (κ3) is 6.83. The summed E-state index contributed by atoms with van der Waals surface area (Å²) in [4.78, 5) is 34.0. The summed E-state index contributed by atoms with van der Waals surface area (Å²) in [5, 5.41) is 42.1. The maximum Gasteiger partial charge on any atom is 0.343 e. The number of phenolic OH excluding ortho intramolecular Hbond substituents is 1. The van der Waals surface area contributed by atoms with Gasteiger partial charge in [-0.05, 0) is 37.3 Å². The van der Waals surface area contributed by atoms with E-state index in [2.05, 4.69) is 9.97 Å². The fraction of sp³-hybridized carbons (Fsp3) is 0.219. The van der Waals surface area contributed by atoms with Gasteiger partial charge in [0, 0.05) is 52.0 Å². The van der Waals surface area contributed by atoms with Crippen LogP contribution in [0, 0.1) is 5.82 Å². The van der Waals surface area contributed by atoms with Gasteiger partial charge < -0.3 is 30.6 Å².